The molecule has 0 saturated heterocycles. The number of benzene rings is 2. The molecule has 0 aliphatic carbocycles. The Morgan fingerprint density at radius 2 is 1.70 bits per heavy atom. The van der Waals surface area contributed by atoms with E-state index < -0.39 is 51.2 Å². The maximum Gasteiger partial charge on any atom is 0.417 e. The molecule has 7 nitrogen and oxygen atoms in total. The predicted octanol–water partition coefficient (Wildman–Crippen LogP) is 4.77. The van der Waals surface area contributed by atoms with Crippen molar-refractivity contribution in [3.05, 3.63) is 64.2 Å². The number of hydrogen-bond donors (Lipinski definition) is 1. The Morgan fingerprint density at radius 3 is 2.22 bits per heavy atom. The maximum absolute atomic E-state index is 13.6. The Hall–Kier alpha value is -2.79. The van der Waals surface area contributed by atoms with E-state index in [4.69, 9.17) is 11.6 Å². The van der Waals surface area contributed by atoms with Gasteiger partial charge in [-0.05, 0) is 43.5 Å². The van der Waals surface area contributed by atoms with Gasteiger partial charge in [0.05, 0.1) is 22.5 Å². The van der Waals surface area contributed by atoms with Crippen molar-refractivity contribution < 1.29 is 31.2 Å². The minimum absolute atomic E-state index is 0.00316. The van der Waals surface area contributed by atoms with Crippen molar-refractivity contribution in [2.24, 2.45) is 0 Å². The van der Waals surface area contributed by atoms with E-state index in [0.29, 0.717) is 28.9 Å². The quantitative estimate of drug-likeness (QED) is 0.428. The number of carbonyl (C=O) groups excluding carboxylic acids is 2. The number of nitrogens with one attached hydrogen (secondary N) is 1. The van der Waals surface area contributed by atoms with Crippen LogP contribution in [0.1, 0.15) is 43.4 Å². The summed E-state index contributed by atoms with van der Waals surface area (Å²) in [7, 11) is -4.19. The van der Waals surface area contributed by atoms with Gasteiger partial charge in [-0.15, -0.1) is 0 Å². The highest BCUT2D eigenvalue weighted by atomic mass is 35.5. The van der Waals surface area contributed by atoms with Gasteiger partial charge in [-0.2, -0.15) is 13.2 Å². The average Bonchev–Trinajstić information content (AvgIpc) is 2.81. The maximum atomic E-state index is 13.6. The average molecular weight is 562 g/mol. The molecule has 0 fully saturated rings. The van der Waals surface area contributed by atoms with Crippen LogP contribution < -0.4 is 9.62 Å². The number of rotatable bonds is 11. The van der Waals surface area contributed by atoms with Crippen LogP contribution in [-0.2, 0) is 32.3 Å². The predicted molar refractivity (Wildman–Crippen MR) is 138 cm³/mol. The van der Waals surface area contributed by atoms with Gasteiger partial charge in [0.2, 0.25) is 21.8 Å². The Bertz CT molecular complexity index is 1200. The van der Waals surface area contributed by atoms with E-state index in [2.05, 4.69) is 5.32 Å². The van der Waals surface area contributed by atoms with Crippen LogP contribution in [0, 0.1) is 6.92 Å². The smallest absolute Gasteiger partial charge is 0.354 e. The first kappa shape index (κ1) is 30.4. The topological polar surface area (TPSA) is 86.8 Å². The van der Waals surface area contributed by atoms with Gasteiger partial charge in [-0.3, -0.25) is 13.9 Å². The van der Waals surface area contributed by atoms with Gasteiger partial charge in [0.15, 0.2) is 0 Å². The number of amides is 2. The third-order valence-electron chi connectivity index (χ3n) is 5.63. The summed E-state index contributed by atoms with van der Waals surface area (Å²) < 4.78 is 66.1. The monoisotopic (exact) mass is 561 g/mol. The molecular weight excluding hydrogens is 531 g/mol. The van der Waals surface area contributed by atoms with Crippen LogP contribution in [0.3, 0.4) is 0 Å². The normalized spacial score (nSPS) is 12.6. The number of halogens is 4. The van der Waals surface area contributed by atoms with Gasteiger partial charge in [0.1, 0.15) is 12.6 Å². The molecule has 0 aliphatic heterocycles. The molecule has 2 aromatic carbocycles. The van der Waals surface area contributed by atoms with Gasteiger partial charge >= 0.3 is 6.18 Å². The van der Waals surface area contributed by atoms with Crippen molar-refractivity contribution in [1.82, 2.24) is 10.2 Å². The minimum Gasteiger partial charge on any atom is -0.354 e. The summed E-state index contributed by atoms with van der Waals surface area (Å²) in [5.41, 5.74) is 0.0965. The van der Waals surface area contributed by atoms with Gasteiger partial charge in [-0.1, -0.05) is 55.3 Å². The second-order valence-electron chi connectivity index (χ2n) is 8.65. The lowest BCUT2D eigenvalue weighted by Gasteiger charge is -2.33. The molecule has 12 heteroatoms. The molecular formula is C25H31ClF3N3O4S. The standard InChI is InChI=1S/C25H31ClF3N3O4S/c1-5-13-30-24(34)22(6-2)31(15-18-9-7-17(3)8-10-18)23(33)16-32(37(4,35)36)19-11-12-21(26)20(14-19)25(27,28)29/h7-12,14,22H,5-6,13,15-16H2,1-4H3,(H,30,34)/t22-/m0/s1. The Kier molecular flexibility index (Phi) is 10.4. The molecule has 1 atom stereocenters. The summed E-state index contributed by atoms with van der Waals surface area (Å²) in [6, 6.07) is 8.95. The number of carbonyl (C=O) groups is 2. The lowest BCUT2D eigenvalue weighted by molar-refractivity contribution is -0.140. The molecule has 0 spiro atoms. The zero-order valence-electron chi connectivity index (χ0n) is 21.1. The van der Waals surface area contributed by atoms with Crippen molar-refractivity contribution in [2.45, 2.75) is 52.4 Å². The first-order valence-corrected chi connectivity index (χ1v) is 13.9. The molecule has 0 aromatic heterocycles. The number of nitrogens with zero attached hydrogens (tertiary/aromatic N) is 2. The molecule has 37 heavy (non-hydrogen) atoms. The van der Waals surface area contributed by atoms with E-state index >= 15 is 0 Å². The van der Waals surface area contributed by atoms with E-state index in [9.17, 15) is 31.2 Å². The SMILES string of the molecule is CCCNC(=O)[C@H](CC)N(Cc1ccc(C)cc1)C(=O)CN(c1ccc(Cl)c(C(F)(F)F)c1)S(C)(=O)=O. The summed E-state index contributed by atoms with van der Waals surface area (Å²) in [5, 5.41) is 2.15. The summed E-state index contributed by atoms with van der Waals surface area (Å²) in [4.78, 5) is 27.7. The fraction of sp³-hybridized carbons (Fsp3) is 0.440. The van der Waals surface area contributed by atoms with Crippen LogP contribution in [0.25, 0.3) is 0 Å². The zero-order valence-corrected chi connectivity index (χ0v) is 22.7. The number of alkyl halides is 3. The third kappa shape index (κ3) is 8.36. The fourth-order valence-electron chi connectivity index (χ4n) is 3.68. The number of anilines is 1. The minimum atomic E-state index is -4.83. The van der Waals surface area contributed by atoms with Gasteiger partial charge in [0.25, 0.3) is 0 Å². The van der Waals surface area contributed by atoms with E-state index in [1.807, 2.05) is 26.0 Å². The van der Waals surface area contributed by atoms with Crippen molar-refractivity contribution >= 4 is 39.1 Å². The lowest BCUT2D eigenvalue weighted by atomic mass is 10.1. The van der Waals surface area contributed by atoms with Crippen LogP contribution in [0.2, 0.25) is 5.02 Å². The van der Waals surface area contributed by atoms with Gasteiger partial charge in [-0.25, -0.2) is 8.42 Å². The Morgan fingerprint density at radius 1 is 1.08 bits per heavy atom. The van der Waals surface area contributed by atoms with Crippen LogP contribution >= 0.6 is 11.6 Å². The first-order valence-electron chi connectivity index (χ1n) is 11.7. The van der Waals surface area contributed by atoms with Crippen LogP contribution in [0.4, 0.5) is 18.9 Å². The Labute approximate surface area is 220 Å². The highest BCUT2D eigenvalue weighted by Crippen LogP contribution is 2.37. The second kappa shape index (κ2) is 12.6. The van der Waals surface area contributed by atoms with Crippen LogP contribution in [0.5, 0.6) is 0 Å². The van der Waals surface area contributed by atoms with E-state index in [1.165, 1.54) is 4.90 Å². The van der Waals surface area contributed by atoms with E-state index in [1.54, 1.807) is 19.1 Å². The molecule has 0 heterocycles. The van der Waals surface area contributed by atoms with Crippen LogP contribution in [0.15, 0.2) is 42.5 Å². The molecule has 2 amide bonds. The molecule has 0 aliphatic rings. The van der Waals surface area contributed by atoms with Crippen LogP contribution in [-0.4, -0.2) is 50.5 Å². The van der Waals surface area contributed by atoms with Crippen molar-refractivity contribution in [3.8, 4) is 0 Å². The highest BCUT2D eigenvalue weighted by Gasteiger charge is 2.36. The highest BCUT2D eigenvalue weighted by molar-refractivity contribution is 7.92. The molecule has 2 rings (SSSR count). The summed E-state index contributed by atoms with van der Waals surface area (Å²) >= 11 is 5.69. The Balaban J connectivity index is 2.50. The lowest BCUT2D eigenvalue weighted by Crippen LogP contribution is -2.52. The number of sulfonamides is 1. The molecule has 0 bridgehead atoms. The summed E-state index contributed by atoms with van der Waals surface area (Å²) in [5.74, 6) is -1.14. The number of aryl methyl sites for hydroxylation is 1. The van der Waals surface area contributed by atoms with Crippen molar-refractivity contribution in [2.75, 3.05) is 23.7 Å². The molecule has 2 aromatic rings. The largest absolute Gasteiger partial charge is 0.417 e. The van der Waals surface area contributed by atoms with E-state index in [-0.39, 0.29) is 18.7 Å². The van der Waals surface area contributed by atoms with Crippen molar-refractivity contribution in [1.29, 1.82) is 0 Å². The molecule has 0 saturated carbocycles. The van der Waals surface area contributed by atoms with Crippen molar-refractivity contribution in [3.63, 3.8) is 0 Å². The van der Waals surface area contributed by atoms with Gasteiger partial charge in [0, 0.05) is 13.1 Å². The van der Waals surface area contributed by atoms with E-state index in [0.717, 1.165) is 24.0 Å². The molecule has 204 valence electrons. The summed E-state index contributed by atoms with van der Waals surface area (Å²) in [6.45, 7) is 5.08. The first-order chi connectivity index (χ1) is 17.2. The molecule has 0 unspecified atom stereocenters. The number of hydrogen-bond acceptors (Lipinski definition) is 4. The van der Waals surface area contributed by atoms with Gasteiger partial charge < -0.3 is 10.2 Å². The second-order valence-corrected chi connectivity index (χ2v) is 11.0. The zero-order chi connectivity index (χ0) is 28.0. The third-order valence-corrected chi connectivity index (χ3v) is 7.10. The summed E-state index contributed by atoms with van der Waals surface area (Å²) in [6.07, 6.45) is -3.13. The molecule has 0 radical (unpaired) electrons. The fourth-order valence-corrected chi connectivity index (χ4v) is 4.74. The molecule has 1 N–H and O–H groups in total.